The van der Waals surface area contributed by atoms with Crippen LogP contribution in [0.15, 0.2) is 55.0 Å². The zero-order chi connectivity index (χ0) is 19.9. The Morgan fingerprint density at radius 1 is 0.862 bits per heavy atom. The van der Waals surface area contributed by atoms with Crippen molar-refractivity contribution in [3.05, 3.63) is 60.6 Å². The molecule has 2 aromatic heterocycles. The topological polar surface area (TPSA) is 79.3 Å². The van der Waals surface area contributed by atoms with Crippen molar-refractivity contribution in [2.24, 2.45) is 0 Å². The maximum absolute atomic E-state index is 5.41. The monoisotopic (exact) mass is 391 g/mol. The highest BCUT2D eigenvalue weighted by molar-refractivity contribution is 5.44. The highest BCUT2D eigenvalue weighted by atomic mass is 16.5. The summed E-state index contributed by atoms with van der Waals surface area (Å²) in [5, 5.41) is 3.39. The molecule has 8 heteroatoms. The number of anilines is 3. The van der Waals surface area contributed by atoms with Crippen LogP contribution in [0, 0.1) is 0 Å². The number of hydrogen-bond donors (Lipinski definition) is 1. The van der Waals surface area contributed by atoms with Crippen molar-refractivity contribution >= 4 is 17.7 Å². The van der Waals surface area contributed by atoms with Crippen LogP contribution >= 0.6 is 0 Å². The summed E-state index contributed by atoms with van der Waals surface area (Å²) in [6.07, 6.45) is 6.22. The van der Waals surface area contributed by atoms with Crippen LogP contribution < -0.4 is 19.9 Å². The summed E-state index contributed by atoms with van der Waals surface area (Å²) in [4.78, 5) is 22.2. The lowest BCUT2D eigenvalue weighted by Crippen LogP contribution is -2.47. The molecule has 0 saturated carbocycles. The Morgan fingerprint density at radius 2 is 1.55 bits per heavy atom. The Bertz CT molecular complexity index is 914. The van der Waals surface area contributed by atoms with E-state index in [-0.39, 0.29) is 0 Å². The fourth-order valence-electron chi connectivity index (χ4n) is 3.39. The maximum Gasteiger partial charge on any atom is 0.227 e. The highest BCUT2D eigenvalue weighted by Gasteiger charge is 2.20. The van der Waals surface area contributed by atoms with Crippen molar-refractivity contribution in [1.29, 1.82) is 0 Å². The van der Waals surface area contributed by atoms with Crippen molar-refractivity contribution < 1.29 is 4.74 Å². The van der Waals surface area contributed by atoms with Crippen LogP contribution in [0.4, 0.5) is 17.7 Å². The summed E-state index contributed by atoms with van der Waals surface area (Å²) in [6.45, 7) is 4.14. The molecule has 0 amide bonds. The Balaban J connectivity index is 1.32. The van der Waals surface area contributed by atoms with Crippen molar-refractivity contribution in [3.63, 3.8) is 0 Å². The number of piperazine rings is 1. The molecule has 4 rings (SSSR count). The van der Waals surface area contributed by atoms with Crippen molar-refractivity contribution in [2.75, 3.05) is 55.0 Å². The van der Waals surface area contributed by atoms with Gasteiger partial charge in [0.2, 0.25) is 11.9 Å². The van der Waals surface area contributed by atoms with Crippen LogP contribution in [-0.4, -0.2) is 59.8 Å². The van der Waals surface area contributed by atoms with E-state index < -0.39 is 0 Å². The molecule has 0 radical (unpaired) electrons. The summed E-state index contributed by atoms with van der Waals surface area (Å²) in [6, 6.07) is 11.8. The molecule has 1 N–H and O–H groups in total. The Hall–Kier alpha value is -3.42. The number of benzene rings is 1. The average Bonchev–Trinajstić information content (AvgIpc) is 2.80. The van der Waals surface area contributed by atoms with Crippen LogP contribution in [0.3, 0.4) is 0 Å². The molecule has 0 unspecified atom stereocenters. The first-order valence-corrected chi connectivity index (χ1v) is 9.79. The number of para-hydroxylation sites is 1. The number of methoxy groups -OCH3 is 1. The van der Waals surface area contributed by atoms with E-state index in [1.807, 2.05) is 30.3 Å². The number of nitrogens with one attached hydrogen (secondary N) is 1. The lowest BCUT2D eigenvalue weighted by atomic mass is 10.1. The van der Waals surface area contributed by atoms with E-state index in [9.17, 15) is 0 Å². The Morgan fingerprint density at radius 3 is 2.31 bits per heavy atom. The van der Waals surface area contributed by atoms with E-state index in [0.29, 0.717) is 0 Å². The largest absolute Gasteiger partial charge is 0.496 e. The fraction of sp³-hybridized carbons (Fsp3) is 0.333. The molecule has 29 heavy (non-hydrogen) atoms. The van der Waals surface area contributed by atoms with Gasteiger partial charge in [-0.25, -0.2) is 15.0 Å². The van der Waals surface area contributed by atoms with Crippen LogP contribution in [0.5, 0.6) is 5.75 Å². The van der Waals surface area contributed by atoms with E-state index in [1.165, 1.54) is 5.56 Å². The van der Waals surface area contributed by atoms with Gasteiger partial charge in [-0.2, -0.15) is 4.98 Å². The summed E-state index contributed by atoms with van der Waals surface area (Å²) in [5.41, 5.74) is 1.18. The average molecular weight is 391 g/mol. The van der Waals surface area contributed by atoms with Gasteiger partial charge in [0.15, 0.2) is 0 Å². The van der Waals surface area contributed by atoms with Gasteiger partial charge in [-0.15, -0.1) is 0 Å². The molecule has 0 bridgehead atoms. The minimum atomic E-state index is 0.751. The predicted molar refractivity (Wildman–Crippen MR) is 114 cm³/mol. The van der Waals surface area contributed by atoms with E-state index in [4.69, 9.17) is 9.72 Å². The zero-order valence-electron chi connectivity index (χ0n) is 16.5. The van der Waals surface area contributed by atoms with Crippen molar-refractivity contribution in [2.45, 2.75) is 6.42 Å². The van der Waals surface area contributed by atoms with Crippen LogP contribution in [0.1, 0.15) is 5.56 Å². The number of rotatable bonds is 7. The van der Waals surface area contributed by atoms with Gasteiger partial charge < -0.3 is 19.9 Å². The standard InChI is InChI=1S/C21H25N7O/c1-29-18-6-3-2-5-17(18)7-11-22-19-8-12-25-21(26-19)28-15-13-27(14-16-28)20-23-9-4-10-24-20/h2-6,8-10,12H,7,11,13-16H2,1H3,(H,22,25,26). The minimum Gasteiger partial charge on any atom is -0.496 e. The van der Waals surface area contributed by atoms with E-state index >= 15 is 0 Å². The Labute approximate surface area is 170 Å². The van der Waals surface area contributed by atoms with E-state index in [2.05, 4.69) is 36.1 Å². The van der Waals surface area contributed by atoms with Crippen molar-refractivity contribution in [1.82, 2.24) is 19.9 Å². The second-order valence-corrected chi connectivity index (χ2v) is 6.75. The van der Waals surface area contributed by atoms with Gasteiger partial charge in [0.1, 0.15) is 11.6 Å². The summed E-state index contributed by atoms with van der Waals surface area (Å²) in [5.74, 6) is 3.28. The molecule has 1 aliphatic rings. The smallest absolute Gasteiger partial charge is 0.227 e. The van der Waals surface area contributed by atoms with Crippen LogP contribution in [-0.2, 0) is 6.42 Å². The van der Waals surface area contributed by atoms with Gasteiger partial charge in [-0.1, -0.05) is 18.2 Å². The molecule has 1 fully saturated rings. The molecule has 150 valence electrons. The molecule has 1 aliphatic heterocycles. The molecule has 3 heterocycles. The fourth-order valence-corrected chi connectivity index (χ4v) is 3.39. The number of aromatic nitrogens is 4. The third-order valence-electron chi connectivity index (χ3n) is 4.93. The molecular weight excluding hydrogens is 366 g/mol. The SMILES string of the molecule is COc1ccccc1CCNc1ccnc(N2CCN(c3ncccn3)CC2)n1. The first-order valence-electron chi connectivity index (χ1n) is 9.79. The summed E-state index contributed by atoms with van der Waals surface area (Å²) in [7, 11) is 1.70. The molecule has 8 nitrogen and oxygen atoms in total. The predicted octanol–water partition coefficient (Wildman–Crippen LogP) is 2.26. The van der Waals surface area contributed by atoms with Gasteiger partial charge in [0, 0.05) is 51.3 Å². The molecule has 1 saturated heterocycles. The summed E-state index contributed by atoms with van der Waals surface area (Å²) < 4.78 is 5.41. The van der Waals surface area contributed by atoms with Crippen LogP contribution in [0.25, 0.3) is 0 Å². The minimum absolute atomic E-state index is 0.751. The lowest BCUT2D eigenvalue weighted by molar-refractivity contribution is 0.410. The second-order valence-electron chi connectivity index (χ2n) is 6.75. The normalized spacial score (nSPS) is 14.0. The number of nitrogens with zero attached hydrogens (tertiary/aromatic N) is 6. The third-order valence-corrected chi connectivity index (χ3v) is 4.93. The zero-order valence-corrected chi connectivity index (χ0v) is 16.5. The van der Waals surface area contributed by atoms with Gasteiger partial charge >= 0.3 is 0 Å². The maximum atomic E-state index is 5.41. The molecule has 0 spiro atoms. The Kier molecular flexibility index (Phi) is 5.99. The lowest BCUT2D eigenvalue weighted by Gasteiger charge is -2.34. The quantitative estimate of drug-likeness (QED) is 0.657. The van der Waals surface area contributed by atoms with Crippen molar-refractivity contribution in [3.8, 4) is 5.75 Å². The van der Waals surface area contributed by atoms with E-state index in [0.717, 1.165) is 62.6 Å². The molecule has 0 atom stereocenters. The highest BCUT2D eigenvalue weighted by Crippen LogP contribution is 2.19. The molecular formula is C21H25N7O. The molecule has 1 aromatic carbocycles. The van der Waals surface area contributed by atoms with Gasteiger partial charge in [-0.05, 0) is 30.2 Å². The first kappa shape index (κ1) is 18.9. The van der Waals surface area contributed by atoms with Gasteiger partial charge in [-0.3, -0.25) is 0 Å². The molecule has 3 aromatic rings. The summed E-state index contributed by atoms with van der Waals surface area (Å²) >= 11 is 0. The number of ether oxygens (including phenoxy) is 1. The number of hydrogen-bond acceptors (Lipinski definition) is 8. The second kappa shape index (κ2) is 9.18. The first-order chi connectivity index (χ1) is 14.3. The third kappa shape index (κ3) is 4.71. The van der Waals surface area contributed by atoms with Gasteiger partial charge in [0.05, 0.1) is 7.11 Å². The van der Waals surface area contributed by atoms with Crippen LogP contribution in [0.2, 0.25) is 0 Å². The molecule has 0 aliphatic carbocycles. The van der Waals surface area contributed by atoms with Gasteiger partial charge in [0.25, 0.3) is 0 Å². The van der Waals surface area contributed by atoms with E-state index in [1.54, 1.807) is 25.7 Å².